The Morgan fingerprint density at radius 1 is 1.38 bits per heavy atom. The van der Waals surface area contributed by atoms with Crippen LogP contribution in [0.3, 0.4) is 0 Å². The smallest absolute Gasteiger partial charge is 0.403 e. The molecule has 1 unspecified atom stereocenters. The molecule has 2 aromatic rings. The third kappa shape index (κ3) is 4.03. The molecule has 11 nitrogen and oxygen atoms in total. The zero-order valence-electron chi connectivity index (χ0n) is 16.8. The van der Waals surface area contributed by atoms with Crippen molar-refractivity contribution in [3.63, 3.8) is 0 Å². The first-order chi connectivity index (χ1) is 14.9. The summed E-state index contributed by atoms with van der Waals surface area (Å²) in [5.74, 6) is -2.82. The van der Waals surface area contributed by atoms with E-state index >= 15 is 4.39 Å². The van der Waals surface area contributed by atoms with Gasteiger partial charge in [-0.2, -0.15) is 0 Å². The summed E-state index contributed by atoms with van der Waals surface area (Å²) in [5.41, 5.74) is 0.286. The third-order valence-electron chi connectivity index (χ3n) is 5.07. The fourth-order valence-corrected chi connectivity index (χ4v) is 4.99. The van der Waals surface area contributed by atoms with Crippen LogP contribution in [0.1, 0.15) is 22.9 Å². The fraction of sp³-hybridized carbons (Fsp3) is 0.444. The van der Waals surface area contributed by atoms with Gasteiger partial charge in [0.15, 0.2) is 6.23 Å². The lowest BCUT2D eigenvalue weighted by Gasteiger charge is -2.29. The van der Waals surface area contributed by atoms with Crippen LogP contribution in [-0.4, -0.2) is 44.4 Å². The molecule has 14 heteroatoms. The number of phosphoric acid groups is 1. The monoisotopic (exact) mass is 492 g/mol. The Bertz CT molecular complexity index is 1230. The van der Waals surface area contributed by atoms with Crippen molar-refractivity contribution >= 4 is 19.4 Å². The zero-order valence-corrected chi connectivity index (χ0v) is 18.4. The minimum atomic E-state index is -4.29. The largest absolute Gasteiger partial charge is 0.530 e. The second-order valence-corrected chi connectivity index (χ2v) is 9.53. The van der Waals surface area contributed by atoms with Gasteiger partial charge in [-0.25, -0.2) is 13.8 Å². The Hall–Kier alpha value is -2.05. The molecule has 3 N–H and O–H groups in total. The number of fused-ring (bicyclic) bond motifs is 1. The molecule has 4 rings (SSSR count). The van der Waals surface area contributed by atoms with E-state index in [1.165, 1.54) is 0 Å². The highest BCUT2D eigenvalue weighted by Gasteiger charge is 2.57. The molecule has 0 aliphatic carbocycles. The first-order valence-corrected chi connectivity index (χ1v) is 11.2. The number of aliphatic hydroxyl groups is 2. The van der Waals surface area contributed by atoms with Crippen molar-refractivity contribution < 1.29 is 37.5 Å². The number of halogens is 2. The van der Waals surface area contributed by atoms with E-state index in [0.29, 0.717) is 15.7 Å². The molecule has 2 aliphatic heterocycles. The molecule has 0 bridgehead atoms. The number of hydrogen-bond acceptors (Lipinski definition) is 9. The van der Waals surface area contributed by atoms with E-state index in [9.17, 15) is 24.4 Å². The van der Waals surface area contributed by atoms with Gasteiger partial charge in [-0.3, -0.25) is 23.4 Å². The second-order valence-electron chi connectivity index (χ2n) is 7.53. The minimum Gasteiger partial charge on any atom is -0.403 e. The van der Waals surface area contributed by atoms with Crippen LogP contribution in [0.2, 0.25) is 5.02 Å². The molecular weight excluding hydrogens is 474 g/mol. The number of nitrogens with one attached hydrogen (secondary N) is 1. The summed E-state index contributed by atoms with van der Waals surface area (Å²) < 4.78 is 49.4. The molecule has 1 saturated heterocycles. The SMILES string of the molecule is Cc1cc(C)c2c(c1)COP(=O)(OC[C@@]1(F)O[C@@H](n3cc(Cl)c(=O)[nH]c3=O)[C@H](O)[C@@H]1O)O2. The van der Waals surface area contributed by atoms with Crippen molar-refractivity contribution in [1.82, 2.24) is 9.55 Å². The number of alkyl halides is 1. The van der Waals surface area contributed by atoms with Crippen LogP contribution >= 0.6 is 19.4 Å². The number of phosphoric ester groups is 1. The van der Waals surface area contributed by atoms with Crippen LogP contribution in [0.4, 0.5) is 4.39 Å². The molecule has 32 heavy (non-hydrogen) atoms. The van der Waals surface area contributed by atoms with Gasteiger partial charge < -0.3 is 19.5 Å². The molecule has 0 radical (unpaired) electrons. The summed E-state index contributed by atoms with van der Waals surface area (Å²) in [4.78, 5) is 25.3. The Balaban J connectivity index is 1.53. The number of ether oxygens (including phenoxy) is 1. The summed E-state index contributed by atoms with van der Waals surface area (Å²) in [6.45, 7) is 2.32. The van der Waals surface area contributed by atoms with Gasteiger partial charge in [-0.1, -0.05) is 29.3 Å². The maximum absolute atomic E-state index is 15.3. The average Bonchev–Trinajstić information content (AvgIpc) is 2.95. The highest BCUT2D eigenvalue weighted by Crippen LogP contribution is 2.56. The molecular formula is C18H19ClFN2O9P. The van der Waals surface area contributed by atoms with Crippen LogP contribution in [0, 0.1) is 13.8 Å². The van der Waals surface area contributed by atoms with Crippen molar-refractivity contribution in [1.29, 1.82) is 0 Å². The van der Waals surface area contributed by atoms with Gasteiger partial charge in [0.2, 0.25) is 0 Å². The van der Waals surface area contributed by atoms with E-state index in [-0.39, 0.29) is 12.4 Å². The third-order valence-corrected chi connectivity index (χ3v) is 6.64. The van der Waals surface area contributed by atoms with Crippen LogP contribution in [0.15, 0.2) is 27.9 Å². The minimum absolute atomic E-state index is 0.117. The standard InChI is InChI=1S/C18H19ClFN2O9P/c1-8-3-9(2)13-10(4-8)6-28-32(27,31-13)29-7-18(20)14(24)12(23)16(30-18)22-5-11(19)15(25)21-17(22)26/h3-5,12,14,16,23-24H,6-7H2,1-2H3,(H,21,25,26)/t12-,14+,16-,18-,32?/m1/s1. The first-order valence-electron chi connectivity index (χ1n) is 9.35. The molecule has 174 valence electrons. The lowest BCUT2D eigenvalue weighted by Crippen LogP contribution is -2.43. The van der Waals surface area contributed by atoms with Gasteiger partial charge in [0, 0.05) is 11.8 Å². The number of benzene rings is 1. The number of H-pyrrole nitrogens is 1. The predicted octanol–water partition coefficient (Wildman–Crippen LogP) is 1.46. The summed E-state index contributed by atoms with van der Waals surface area (Å²) in [6.07, 6.45) is -5.10. The van der Waals surface area contributed by atoms with Crippen LogP contribution in [0.25, 0.3) is 0 Å². The molecule has 1 aromatic heterocycles. The summed E-state index contributed by atoms with van der Waals surface area (Å²) in [7, 11) is -4.29. The highest BCUT2D eigenvalue weighted by atomic mass is 35.5. The van der Waals surface area contributed by atoms with Gasteiger partial charge in [-0.05, 0) is 19.4 Å². The number of aryl methyl sites for hydroxylation is 2. The Labute approximate surface area is 184 Å². The van der Waals surface area contributed by atoms with Crippen LogP contribution in [-0.2, 0) is 25.0 Å². The lowest BCUT2D eigenvalue weighted by atomic mass is 10.1. The van der Waals surface area contributed by atoms with Gasteiger partial charge in [0.05, 0.1) is 6.61 Å². The quantitative estimate of drug-likeness (QED) is 0.539. The van der Waals surface area contributed by atoms with E-state index in [2.05, 4.69) is 0 Å². The lowest BCUT2D eigenvalue weighted by molar-refractivity contribution is -0.205. The van der Waals surface area contributed by atoms with Crippen molar-refractivity contribution in [2.45, 2.75) is 44.7 Å². The molecule has 0 saturated carbocycles. The van der Waals surface area contributed by atoms with Crippen molar-refractivity contribution in [3.05, 3.63) is 60.9 Å². The molecule has 3 heterocycles. The normalized spacial score (nSPS) is 31.9. The van der Waals surface area contributed by atoms with Crippen molar-refractivity contribution in [2.75, 3.05) is 6.61 Å². The van der Waals surface area contributed by atoms with E-state index in [0.717, 1.165) is 11.8 Å². The Kier molecular flexibility index (Phi) is 5.83. The average molecular weight is 493 g/mol. The molecule has 1 fully saturated rings. The van der Waals surface area contributed by atoms with Gasteiger partial charge in [-0.15, -0.1) is 0 Å². The highest BCUT2D eigenvalue weighted by molar-refractivity contribution is 7.49. The first kappa shape index (κ1) is 23.1. The molecule has 0 spiro atoms. The van der Waals surface area contributed by atoms with E-state index in [1.807, 2.05) is 11.9 Å². The number of aromatic nitrogens is 2. The molecule has 1 aromatic carbocycles. The topological polar surface area (TPSA) is 149 Å². The van der Waals surface area contributed by atoms with Gasteiger partial charge in [0.25, 0.3) is 11.4 Å². The van der Waals surface area contributed by atoms with Crippen LogP contribution < -0.4 is 15.8 Å². The number of rotatable bonds is 4. The summed E-state index contributed by atoms with van der Waals surface area (Å²) in [5, 5.41) is 20.0. The number of hydrogen-bond donors (Lipinski definition) is 3. The number of aromatic amines is 1. The predicted molar refractivity (Wildman–Crippen MR) is 107 cm³/mol. The van der Waals surface area contributed by atoms with Crippen molar-refractivity contribution in [2.24, 2.45) is 0 Å². The number of nitrogens with zero attached hydrogens (tertiary/aromatic N) is 1. The van der Waals surface area contributed by atoms with E-state index in [4.69, 9.17) is 29.9 Å². The van der Waals surface area contributed by atoms with E-state index < -0.39 is 55.0 Å². The molecule has 0 amide bonds. The molecule has 2 aliphatic rings. The summed E-state index contributed by atoms with van der Waals surface area (Å²) >= 11 is 5.67. The zero-order chi connectivity index (χ0) is 23.4. The van der Waals surface area contributed by atoms with E-state index in [1.54, 1.807) is 19.1 Å². The second kappa shape index (κ2) is 8.07. The Morgan fingerprint density at radius 3 is 2.81 bits per heavy atom. The fourth-order valence-electron chi connectivity index (χ4n) is 3.54. The summed E-state index contributed by atoms with van der Waals surface area (Å²) in [6, 6.07) is 3.57. The maximum atomic E-state index is 15.3. The van der Waals surface area contributed by atoms with Gasteiger partial charge >= 0.3 is 13.5 Å². The van der Waals surface area contributed by atoms with Crippen molar-refractivity contribution in [3.8, 4) is 5.75 Å². The number of aliphatic hydroxyl groups excluding tert-OH is 2. The van der Waals surface area contributed by atoms with Gasteiger partial charge in [0.1, 0.15) is 29.6 Å². The Morgan fingerprint density at radius 2 is 2.09 bits per heavy atom. The maximum Gasteiger partial charge on any atom is 0.530 e. The molecule has 5 atom stereocenters. The van der Waals surface area contributed by atoms with Crippen LogP contribution in [0.5, 0.6) is 5.75 Å².